The first-order valence-corrected chi connectivity index (χ1v) is 7.35. The fourth-order valence-corrected chi connectivity index (χ4v) is 3.57. The molecule has 0 saturated carbocycles. The van der Waals surface area contributed by atoms with Gasteiger partial charge in [-0.25, -0.2) is 8.42 Å². The van der Waals surface area contributed by atoms with Crippen molar-refractivity contribution in [1.82, 2.24) is 5.32 Å². The summed E-state index contributed by atoms with van der Waals surface area (Å²) < 4.78 is 33.9. The minimum Gasteiger partial charge on any atom is -0.465 e. The first-order chi connectivity index (χ1) is 8.01. The fraction of sp³-hybridized carbons (Fsp3) is 0.900. The molecule has 0 spiro atoms. The summed E-state index contributed by atoms with van der Waals surface area (Å²) in [5.74, 6) is -1.28. The van der Waals surface area contributed by atoms with Gasteiger partial charge in [-0.15, -0.1) is 0 Å². The quantitative estimate of drug-likeness (QED) is 0.665. The molecule has 1 fully saturated rings. The topological polar surface area (TPSA) is 81.7 Å². The van der Waals surface area contributed by atoms with Crippen molar-refractivity contribution in [3.63, 3.8) is 0 Å². The van der Waals surface area contributed by atoms with Gasteiger partial charge in [0.25, 0.3) is 0 Å². The molecular formula is C10H19NO5S. The lowest BCUT2D eigenvalue weighted by molar-refractivity contribution is -0.139. The molecule has 1 aliphatic rings. The maximum atomic E-state index is 12.0. The Bertz CT molecular complexity index is 354. The van der Waals surface area contributed by atoms with Crippen LogP contribution < -0.4 is 5.32 Å². The fourth-order valence-electron chi connectivity index (χ4n) is 1.87. The van der Waals surface area contributed by atoms with Gasteiger partial charge >= 0.3 is 5.97 Å². The van der Waals surface area contributed by atoms with Gasteiger partial charge in [0.15, 0.2) is 9.84 Å². The molecule has 0 aromatic rings. The number of rotatable bonds is 5. The van der Waals surface area contributed by atoms with Gasteiger partial charge in [-0.3, -0.25) is 4.79 Å². The van der Waals surface area contributed by atoms with E-state index in [1.54, 1.807) is 14.0 Å². The van der Waals surface area contributed by atoms with Crippen LogP contribution in [0.25, 0.3) is 0 Å². The normalized spacial score (nSPS) is 25.5. The van der Waals surface area contributed by atoms with E-state index in [-0.39, 0.29) is 19.3 Å². The molecule has 17 heavy (non-hydrogen) atoms. The summed E-state index contributed by atoms with van der Waals surface area (Å²) in [4.78, 5) is 11.2. The summed E-state index contributed by atoms with van der Waals surface area (Å²) in [6.45, 7) is 2.50. The number of ether oxygens (including phenoxy) is 2. The Morgan fingerprint density at radius 1 is 1.53 bits per heavy atom. The molecular weight excluding hydrogens is 246 g/mol. The van der Waals surface area contributed by atoms with Crippen LogP contribution in [0.2, 0.25) is 0 Å². The molecule has 1 rings (SSSR count). The maximum Gasteiger partial charge on any atom is 0.321 e. The van der Waals surface area contributed by atoms with Crippen LogP contribution in [0.4, 0.5) is 0 Å². The smallest absolute Gasteiger partial charge is 0.321 e. The lowest BCUT2D eigenvalue weighted by atomic mass is 10.1. The van der Waals surface area contributed by atoms with Crippen molar-refractivity contribution in [1.29, 1.82) is 0 Å². The molecule has 0 aromatic heterocycles. The van der Waals surface area contributed by atoms with Crippen LogP contribution in [0.5, 0.6) is 0 Å². The van der Waals surface area contributed by atoms with Gasteiger partial charge in [-0.05, 0) is 20.4 Å². The highest BCUT2D eigenvalue weighted by atomic mass is 32.2. The molecule has 7 heteroatoms. The lowest BCUT2D eigenvalue weighted by Gasteiger charge is -2.30. The number of hydrogen-bond donors (Lipinski definition) is 1. The summed E-state index contributed by atoms with van der Waals surface area (Å²) >= 11 is 0. The van der Waals surface area contributed by atoms with Crippen LogP contribution in [0, 0.1) is 0 Å². The van der Waals surface area contributed by atoms with Gasteiger partial charge < -0.3 is 14.8 Å². The highest BCUT2D eigenvalue weighted by Gasteiger charge is 2.36. The molecule has 1 aliphatic heterocycles. The Kier molecular flexibility index (Phi) is 5.35. The molecule has 1 N–H and O–H groups in total. The van der Waals surface area contributed by atoms with Crippen LogP contribution in [-0.2, 0) is 24.1 Å². The van der Waals surface area contributed by atoms with E-state index in [1.807, 2.05) is 0 Å². The number of hydrogen-bond acceptors (Lipinski definition) is 6. The Hall–Kier alpha value is -0.660. The van der Waals surface area contributed by atoms with Crippen LogP contribution in [-0.4, -0.2) is 58.3 Å². The van der Waals surface area contributed by atoms with Crippen LogP contribution in [0.3, 0.4) is 0 Å². The van der Waals surface area contributed by atoms with E-state index < -0.39 is 26.8 Å². The zero-order valence-electron chi connectivity index (χ0n) is 10.1. The largest absolute Gasteiger partial charge is 0.465 e. The SMILES string of the molecule is CCOC(=O)CS(=O)(=O)C1COCCC1NC. The highest BCUT2D eigenvalue weighted by molar-refractivity contribution is 7.92. The number of carbonyl (C=O) groups is 1. The van der Waals surface area contributed by atoms with Crippen LogP contribution in [0.15, 0.2) is 0 Å². The van der Waals surface area contributed by atoms with Gasteiger partial charge in [0.1, 0.15) is 11.0 Å². The zero-order valence-corrected chi connectivity index (χ0v) is 11.0. The second kappa shape index (κ2) is 6.32. The van der Waals surface area contributed by atoms with E-state index in [9.17, 15) is 13.2 Å². The summed E-state index contributed by atoms with van der Waals surface area (Å²) in [6.07, 6.45) is 0.628. The van der Waals surface area contributed by atoms with Crippen molar-refractivity contribution >= 4 is 15.8 Å². The standard InChI is InChI=1S/C10H19NO5S/c1-3-16-10(12)7-17(13,14)9-6-15-5-4-8(9)11-2/h8-9,11H,3-7H2,1-2H3. The first kappa shape index (κ1) is 14.4. The van der Waals surface area contributed by atoms with E-state index in [0.717, 1.165) is 0 Å². The van der Waals surface area contributed by atoms with Crippen molar-refractivity contribution in [3.8, 4) is 0 Å². The zero-order chi connectivity index (χ0) is 12.9. The molecule has 0 radical (unpaired) electrons. The van der Waals surface area contributed by atoms with Gasteiger partial charge in [0.05, 0.1) is 13.2 Å². The van der Waals surface area contributed by atoms with E-state index >= 15 is 0 Å². The predicted octanol–water partition coefficient (Wildman–Crippen LogP) is -0.659. The Morgan fingerprint density at radius 3 is 2.82 bits per heavy atom. The molecule has 2 unspecified atom stereocenters. The Morgan fingerprint density at radius 2 is 2.24 bits per heavy atom. The van der Waals surface area contributed by atoms with Crippen LogP contribution >= 0.6 is 0 Å². The predicted molar refractivity (Wildman–Crippen MR) is 62.5 cm³/mol. The third-order valence-electron chi connectivity index (χ3n) is 2.76. The van der Waals surface area contributed by atoms with E-state index in [4.69, 9.17) is 4.74 Å². The summed E-state index contributed by atoms with van der Waals surface area (Å²) in [5, 5.41) is 2.28. The van der Waals surface area contributed by atoms with E-state index in [2.05, 4.69) is 10.1 Å². The molecule has 6 nitrogen and oxygen atoms in total. The van der Waals surface area contributed by atoms with Gasteiger partial charge in [-0.2, -0.15) is 0 Å². The van der Waals surface area contributed by atoms with Gasteiger partial charge in [0, 0.05) is 12.6 Å². The van der Waals surface area contributed by atoms with Crippen molar-refractivity contribution in [3.05, 3.63) is 0 Å². The molecule has 100 valence electrons. The number of nitrogens with one attached hydrogen (secondary N) is 1. The average molecular weight is 265 g/mol. The second-order valence-corrected chi connectivity index (χ2v) is 6.13. The third kappa shape index (κ3) is 3.93. The first-order valence-electron chi connectivity index (χ1n) is 5.63. The van der Waals surface area contributed by atoms with E-state index in [1.165, 1.54) is 0 Å². The Labute approximate surface area is 102 Å². The summed E-state index contributed by atoms with van der Waals surface area (Å²) in [6, 6.07) is -0.164. The van der Waals surface area contributed by atoms with Crippen molar-refractivity contribution < 1.29 is 22.7 Å². The highest BCUT2D eigenvalue weighted by Crippen LogP contribution is 2.16. The van der Waals surface area contributed by atoms with Crippen LogP contribution in [0.1, 0.15) is 13.3 Å². The molecule has 0 aliphatic carbocycles. The number of sulfone groups is 1. The number of esters is 1. The van der Waals surface area contributed by atoms with Crippen molar-refractivity contribution in [2.75, 3.05) is 32.6 Å². The molecule has 0 aromatic carbocycles. The molecule has 1 heterocycles. The third-order valence-corrected chi connectivity index (χ3v) is 4.79. The molecule has 0 amide bonds. The van der Waals surface area contributed by atoms with Crippen molar-refractivity contribution in [2.24, 2.45) is 0 Å². The second-order valence-electron chi connectivity index (χ2n) is 3.91. The summed E-state index contributed by atoms with van der Waals surface area (Å²) in [5.41, 5.74) is 0. The monoisotopic (exact) mass is 265 g/mol. The Balaban J connectivity index is 2.70. The molecule has 0 bridgehead atoms. The minimum atomic E-state index is -3.53. The van der Waals surface area contributed by atoms with Crippen molar-refractivity contribution in [2.45, 2.75) is 24.6 Å². The minimum absolute atomic E-state index is 0.132. The number of carbonyl (C=O) groups excluding carboxylic acids is 1. The average Bonchev–Trinajstić information content (AvgIpc) is 2.28. The lowest BCUT2D eigenvalue weighted by Crippen LogP contribution is -2.50. The maximum absolute atomic E-state index is 12.0. The molecule has 1 saturated heterocycles. The van der Waals surface area contributed by atoms with Gasteiger partial charge in [0.2, 0.25) is 0 Å². The summed E-state index contributed by atoms with van der Waals surface area (Å²) in [7, 11) is -1.82. The van der Waals surface area contributed by atoms with E-state index in [0.29, 0.717) is 13.0 Å². The molecule has 2 atom stereocenters. The van der Waals surface area contributed by atoms with Gasteiger partial charge in [-0.1, -0.05) is 0 Å².